The fourth-order valence-corrected chi connectivity index (χ4v) is 2.18. The summed E-state index contributed by atoms with van der Waals surface area (Å²) in [6.07, 6.45) is 1.95. The lowest BCUT2D eigenvalue weighted by atomic mass is 10.1. The van der Waals surface area contributed by atoms with Crippen LogP contribution >= 0.6 is 0 Å². The summed E-state index contributed by atoms with van der Waals surface area (Å²) in [5.74, 6) is 0. The number of hydrogen-bond donors (Lipinski definition) is 2. The van der Waals surface area contributed by atoms with Gasteiger partial charge in [-0.05, 0) is 50.5 Å². The zero-order chi connectivity index (χ0) is 17.4. The lowest BCUT2D eigenvalue weighted by Gasteiger charge is -2.20. The zero-order valence-electron chi connectivity index (χ0n) is 13.9. The van der Waals surface area contributed by atoms with Gasteiger partial charge in [0, 0.05) is 18.3 Å². The monoisotopic (exact) mass is 333 g/mol. The molecule has 0 radical (unpaired) electrons. The summed E-state index contributed by atoms with van der Waals surface area (Å²) in [4.78, 5) is 4.52. The van der Waals surface area contributed by atoms with Gasteiger partial charge in [0.15, 0.2) is 0 Å². The van der Waals surface area contributed by atoms with Crippen molar-refractivity contribution in [2.75, 3.05) is 0 Å². The normalized spacial score (nSPS) is 12.7. The fraction of sp³-hybridized carbons (Fsp3) is 0.353. The number of pyridine rings is 1. The Morgan fingerprint density at radius 2 is 1.61 bits per heavy atom. The lowest BCUT2D eigenvalue weighted by molar-refractivity contribution is 0.486. The summed E-state index contributed by atoms with van der Waals surface area (Å²) in [6.45, 7) is 8.58. The predicted octanol–water partition coefficient (Wildman–Crippen LogP) is 3.74. The van der Waals surface area contributed by atoms with Crippen LogP contribution in [0.15, 0.2) is 42.6 Å². The molecule has 0 spiro atoms. The fourth-order valence-electron chi connectivity index (χ4n) is 2.18. The van der Waals surface area contributed by atoms with E-state index in [-0.39, 0.29) is 6.04 Å². The van der Waals surface area contributed by atoms with Crippen LogP contribution in [0.1, 0.15) is 48.3 Å². The molecule has 0 saturated carbocycles. The van der Waals surface area contributed by atoms with Crippen molar-refractivity contribution in [1.82, 2.24) is 10.3 Å². The number of nitrogens with one attached hydrogen (secondary N) is 2. The Morgan fingerprint density at radius 3 is 2.13 bits per heavy atom. The van der Waals surface area contributed by atoms with E-state index in [0.29, 0.717) is 6.04 Å². The van der Waals surface area contributed by atoms with Crippen molar-refractivity contribution in [2.24, 2.45) is 0 Å². The summed E-state index contributed by atoms with van der Waals surface area (Å²) in [5.41, 5.74) is 4.95. The van der Waals surface area contributed by atoms with Crippen LogP contribution in [0.2, 0.25) is 0 Å². The number of rotatable bonds is 4. The first-order valence-electron chi connectivity index (χ1n) is 7.36. The topological polar surface area (TPSA) is 82.9 Å². The van der Waals surface area contributed by atoms with E-state index in [9.17, 15) is 0 Å². The van der Waals surface area contributed by atoms with Crippen molar-refractivity contribution in [3.8, 4) is 0 Å². The van der Waals surface area contributed by atoms with Gasteiger partial charge in [0.1, 0.15) is 0 Å². The van der Waals surface area contributed by atoms with E-state index in [1.54, 1.807) is 0 Å². The molecule has 2 atom stereocenters. The lowest BCUT2D eigenvalue weighted by Crippen LogP contribution is -2.23. The molecule has 0 bridgehead atoms. The Kier molecular flexibility index (Phi) is 7.57. The molecular formula is C17H23N3O2S. The second kappa shape index (κ2) is 9.17. The smallest absolute Gasteiger partial charge is 0.302 e. The van der Waals surface area contributed by atoms with Crippen molar-refractivity contribution in [3.05, 3.63) is 65.0 Å². The second-order valence-electron chi connectivity index (χ2n) is 5.45. The van der Waals surface area contributed by atoms with E-state index in [2.05, 4.69) is 68.3 Å². The molecule has 0 amide bonds. The molecule has 2 N–H and O–H groups in total. The van der Waals surface area contributed by atoms with Crippen molar-refractivity contribution >= 4 is 10.5 Å². The highest BCUT2D eigenvalue weighted by Crippen LogP contribution is 2.19. The number of aryl methyl sites for hydroxylation is 2. The standard InChI is InChI=1S/C17H22N2.HNO2S/c1-12-10-17(18-11-13(12)2)15(4)19-14(3)16-8-6-5-7-9-16;1-4(2)3/h5-11,14-15,19H,1-4H3;1H/t14-,15-;/m1./s1. The van der Waals surface area contributed by atoms with Crippen molar-refractivity contribution in [2.45, 2.75) is 39.8 Å². The van der Waals surface area contributed by atoms with Crippen LogP contribution < -0.4 is 5.32 Å². The third-order valence-corrected chi connectivity index (χ3v) is 3.64. The summed E-state index contributed by atoms with van der Waals surface area (Å²) >= 11 is 0. The molecule has 124 valence electrons. The number of aromatic nitrogens is 1. The minimum atomic E-state index is -2.61. The third-order valence-electron chi connectivity index (χ3n) is 3.64. The van der Waals surface area contributed by atoms with Crippen molar-refractivity contribution in [1.29, 1.82) is 4.78 Å². The van der Waals surface area contributed by atoms with E-state index in [1.807, 2.05) is 12.3 Å². The molecule has 1 aromatic heterocycles. The molecule has 0 saturated heterocycles. The minimum Gasteiger partial charge on any atom is -0.302 e. The van der Waals surface area contributed by atoms with Crippen molar-refractivity contribution < 1.29 is 8.42 Å². The van der Waals surface area contributed by atoms with E-state index in [4.69, 9.17) is 13.2 Å². The van der Waals surface area contributed by atoms with Gasteiger partial charge in [0.2, 0.25) is 0 Å². The van der Waals surface area contributed by atoms with Crippen LogP contribution in [0.4, 0.5) is 0 Å². The molecule has 0 aliphatic carbocycles. The van der Waals surface area contributed by atoms with E-state index in [0.717, 1.165) is 5.69 Å². The molecular weight excluding hydrogens is 310 g/mol. The van der Waals surface area contributed by atoms with E-state index < -0.39 is 10.5 Å². The van der Waals surface area contributed by atoms with Gasteiger partial charge in [0.25, 0.3) is 0 Å². The maximum absolute atomic E-state index is 8.67. The number of nitrogens with zero attached hydrogens (tertiary/aromatic N) is 1. The largest absolute Gasteiger partial charge is 0.308 e. The summed E-state index contributed by atoms with van der Waals surface area (Å²) in [5, 5.41) is 3.60. The van der Waals surface area contributed by atoms with Crippen LogP contribution in [-0.4, -0.2) is 13.4 Å². The Balaban J connectivity index is 0.000000593. The summed E-state index contributed by atoms with van der Waals surface area (Å²) < 4.78 is 22.8. The van der Waals surface area contributed by atoms with Gasteiger partial charge in [-0.3, -0.25) is 4.98 Å². The molecule has 2 rings (SSSR count). The van der Waals surface area contributed by atoms with Gasteiger partial charge >= 0.3 is 10.5 Å². The molecule has 1 aromatic carbocycles. The molecule has 0 fully saturated rings. The maximum Gasteiger partial charge on any atom is 0.308 e. The van der Waals surface area contributed by atoms with Crippen LogP contribution in [0.25, 0.3) is 0 Å². The molecule has 23 heavy (non-hydrogen) atoms. The highest BCUT2D eigenvalue weighted by molar-refractivity contribution is 7.60. The minimum absolute atomic E-state index is 0.245. The first kappa shape index (κ1) is 19.0. The molecule has 0 unspecified atom stereocenters. The number of hydrogen-bond acceptors (Lipinski definition) is 5. The van der Waals surface area contributed by atoms with Gasteiger partial charge < -0.3 is 5.32 Å². The molecule has 2 aromatic rings. The van der Waals surface area contributed by atoms with Gasteiger partial charge in [0.05, 0.1) is 5.69 Å². The predicted molar refractivity (Wildman–Crippen MR) is 91.8 cm³/mol. The van der Waals surface area contributed by atoms with E-state index >= 15 is 0 Å². The number of benzene rings is 1. The molecule has 0 aliphatic heterocycles. The van der Waals surface area contributed by atoms with Crippen LogP contribution in [0.5, 0.6) is 0 Å². The SMILES string of the molecule is Cc1cnc([C@@H](C)N[C@H](C)c2ccccc2)cc1C.N=S(=O)=O. The third kappa shape index (κ3) is 6.71. The first-order valence-corrected chi connectivity index (χ1v) is 8.43. The highest BCUT2D eigenvalue weighted by atomic mass is 32.2. The van der Waals surface area contributed by atoms with Crippen LogP contribution in [-0.2, 0) is 10.5 Å². The van der Waals surface area contributed by atoms with Gasteiger partial charge in [-0.1, -0.05) is 30.3 Å². The molecule has 1 heterocycles. The average molecular weight is 333 g/mol. The molecule has 5 nitrogen and oxygen atoms in total. The highest BCUT2D eigenvalue weighted by Gasteiger charge is 2.12. The molecule has 0 aliphatic rings. The van der Waals surface area contributed by atoms with Gasteiger partial charge in [-0.25, -0.2) is 0 Å². The van der Waals surface area contributed by atoms with E-state index in [1.165, 1.54) is 16.7 Å². The second-order valence-corrected chi connectivity index (χ2v) is 5.92. The Morgan fingerprint density at radius 1 is 1.04 bits per heavy atom. The zero-order valence-corrected chi connectivity index (χ0v) is 14.7. The Bertz CT molecular complexity index is 724. The van der Waals surface area contributed by atoms with Crippen LogP contribution in [0, 0.1) is 18.6 Å². The molecule has 6 heteroatoms. The van der Waals surface area contributed by atoms with Gasteiger partial charge in [-0.2, -0.15) is 13.2 Å². The average Bonchev–Trinajstić information content (AvgIpc) is 2.50. The Hall–Kier alpha value is -2.05. The first-order chi connectivity index (χ1) is 10.8. The summed E-state index contributed by atoms with van der Waals surface area (Å²) in [6, 6.07) is 13.2. The van der Waals surface area contributed by atoms with Gasteiger partial charge in [-0.15, -0.1) is 0 Å². The van der Waals surface area contributed by atoms with Crippen LogP contribution in [0.3, 0.4) is 0 Å². The maximum atomic E-state index is 8.67. The Labute approximate surface area is 139 Å². The van der Waals surface area contributed by atoms with Crippen molar-refractivity contribution in [3.63, 3.8) is 0 Å². The summed E-state index contributed by atoms with van der Waals surface area (Å²) in [7, 11) is -2.61. The quantitative estimate of drug-likeness (QED) is 0.893.